The third kappa shape index (κ3) is 3.95. The van der Waals surface area contributed by atoms with Crippen molar-refractivity contribution in [3.63, 3.8) is 0 Å². The first-order valence-corrected chi connectivity index (χ1v) is 4.99. The predicted octanol–water partition coefficient (Wildman–Crippen LogP) is 0.429. The molecule has 5 nitrogen and oxygen atoms in total. The summed E-state index contributed by atoms with van der Waals surface area (Å²) in [5.41, 5.74) is 5.71. The van der Waals surface area contributed by atoms with Crippen LogP contribution in [0.1, 0.15) is 5.56 Å². The van der Waals surface area contributed by atoms with E-state index in [4.69, 9.17) is 16.2 Å². The second kappa shape index (κ2) is 6.09. The monoisotopic (exact) mass is 244 g/mol. The molecule has 0 bridgehead atoms. The van der Waals surface area contributed by atoms with Gasteiger partial charge in [0.1, 0.15) is 11.7 Å². The van der Waals surface area contributed by atoms with Crippen LogP contribution in [0.2, 0.25) is 0 Å². The van der Waals surface area contributed by atoms with Crippen molar-refractivity contribution in [3.8, 4) is 0 Å². The first-order valence-electron chi connectivity index (χ1n) is 4.99. The third-order valence-electron chi connectivity index (χ3n) is 2.11. The molecule has 1 heterocycles. The number of hydrogen-bond acceptors (Lipinski definition) is 4. The van der Waals surface area contributed by atoms with Gasteiger partial charge in [0.25, 0.3) is 6.43 Å². The quantitative estimate of drug-likeness (QED) is 0.500. The van der Waals surface area contributed by atoms with Gasteiger partial charge in [0.05, 0.1) is 13.2 Å². The number of pyridine rings is 1. The molecule has 0 radical (unpaired) electrons. The molecule has 0 fully saturated rings. The van der Waals surface area contributed by atoms with E-state index in [1.807, 2.05) is 0 Å². The molecule has 0 amide bonds. The van der Waals surface area contributed by atoms with E-state index < -0.39 is 13.0 Å². The molecule has 94 valence electrons. The number of aliphatic hydroxyl groups excluding tert-OH is 1. The van der Waals surface area contributed by atoms with Crippen LogP contribution in [0.5, 0.6) is 0 Å². The molecule has 0 aliphatic carbocycles. The lowest BCUT2D eigenvalue weighted by molar-refractivity contribution is 0.152. The molecule has 1 rings (SSSR count). The average molecular weight is 244 g/mol. The first kappa shape index (κ1) is 13.3. The number of alkyl halides is 2. The Kier molecular flexibility index (Phi) is 4.77. The molecule has 0 atom stereocenters. The van der Waals surface area contributed by atoms with Crippen LogP contribution >= 0.6 is 0 Å². The van der Waals surface area contributed by atoms with Gasteiger partial charge in [0.2, 0.25) is 0 Å². The topological polar surface area (TPSA) is 86.2 Å². The molecule has 0 aliphatic rings. The maximum Gasteiger partial charge on any atom is 0.255 e. The molecule has 17 heavy (non-hydrogen) atoms. The van der Waals surface area contributed by atoms with Crippen molar-refractivity contribution in [2.75, 3.05) is 24.6 Å². The molecule has 0 saturated carbocycles. The lowest BCUT2D eigenvalue weighted by Gasteiger charge is -2.22. The zero-order valence-corrected chi connectivity index (χ0v) is 9.11. The van der Waals surface area contributed by atoms with Gasteiger partial charge < -0.3 is 15.7 Å². The molecule has 0 aromatic carbocycles. The van der Waals surface area contributed by atoms with E-state index in [9.17, 15) is 8.78 Å². The lowest BCUT2D eigenvalue weighted by atomic mass is 10.2. The van der Waals surface area contributed by atoms with Gasteiger partial charge in [-0.15, -0.1) is 0 Å². The van der Waals surface area contributed by atoms with Gasteiger partial charge in [-0.1, -0.05) is 0 Å². The van der Waals surface area contributed by atoms with E-state index >= 15 is 0 Å². The molecular weight excluding hydrogens is 230 g/mol. The van der Waals surface area contributed by atoms with E-state index in [0.29, 0.717) is 5.56 Å². The number of nitrogen functional groups attached to an aromatic ring is 1. The summed E-state index contributed by atoms with van der Waals surface area (Å²) in [7, 11) is 0. The van der Waals surface area contributed by atoms with E-state index in [0.717, 1.165) is 0 Å². The maximum absolute atomic E-state index is 12.3. The number of nitrogens with one attached hydrogen (secondary N) is 1. The van der Waals surface area contributed by atoms with Crippen molar-refractivity contribution >= 4 is 11.7 Å². The van der Waals surface area contributed by atoms with Crippen molar-refractivity contribution in [2.45, 2.75) is 6.43 Å². The summed E-state index contributed by atoms with van der Waals surface area (Å²) in [6, 6.07) is 2.96. The molecule has 4 N–H and O–H groups in total. The molecule has 7 heteroatoms. The Labute approximate surface area is 97.4 Å². The van der Waals surface area contributed by atoms with E-state index in [1.54, 1.807) is 0 Å². The zero-order chi connectivity index (χ0) is 12.8. The van der Waals surface area contributed by atoms with Crippen molar-refractivity contribution in [2.24, 2.45) is 5.73 Å². The van der Waals surface area contributed by atoms with Crippen LogP contribution in [-0.2, 0) is 0 Å². The van der Waals surface area contributed by atoms with Crippen LogP contribution < -0.4 is 10.6 Å². The second-order valence-electron chi connectivity index (χ2n) is 3.38. The van der Waals surface area contributed by atoms with Crippen LogP contribution in [0.3, 0.4) is 0 Å². The zero-order valence-electron chi connectivity index (χ0n) is 9.11. The molecule has 0 saturated heterocycles. The highest BCUT2D eigenvalue weighted by Crippen LogP contribution is 2.13. The van der Waals surface area contributed by atoms with Gasteiger partial charge in [-0.05, 0) is 12.1 Å². The Hall–Kier alpha value is -1.76. The Balaban J connectivity index is 2.92. The SMILES string of the molecule is N=C(N)c1ccnc(N(CCO)CC(F)F)c1. The minimum absolute atomic E-state index is 0.0543. The lowest BCUT2D eigenvalue weighted by Crippen LogP contribution is -2.32. The fraction of sp³-hybridized carbons (Fsp3) is 0.400. The van der Waals surface area contributed by atoms with Crippen LogP contribution in [0.25, 0.3) is 0 Å². The number of hydrogen-bond donors (Lipinski definition) is 3. The molecule has 0 spiro atoms. The standard InChI is InChI=1S/C10H14F2N4O/c11-8(12)6-16(3-4-17)9-5-7(10(13)14)1-2-15-9/h1-2,5,8,17H,3-4,6H2,(H3,13,14). The highest BCUT2D eigenvalue weighted by molar-refractivity contribution is 5.95. The second-order valence-corrected chi connectivity index (χ2v) is 3.38. The fourth-order valence-corrected chi connectivity index (χ4v) is 1.35. The van der Waals surface area contributed by atoms with Crippen molar-refractivity contribution in [1.29, 1.82) is 5.41 Å². The highest BCUT2D eigenvalue weighted by atomic mass is 19.3. The molecule has 0 unspecified atom stereocenters. The van der Waals surface area contributed by atoms with Crippen molar-refractivity contribution in [3.05, 3.63) is 23.9 Å². The molecule has 1 aromatic rings. The smallest absolute Gasteiger partial charge is 0.255 e. The number of halogens is 2. The number of anilines is 1. The van der Waals surface area contributed by atoms with Gasteiger partial charge in [-0.3, -0.25) is 5.41 Å². The minimum Gasteiger partial charge on any atom is -0.395 e. The predicted molar refractivity (Wildman–Crippen MR) is 60.6 cm³/mol. The van der Waals surface area contributed by atoms with E-state index in [2.05, 4.69) is 4.98 Å². The normalized spacial score (nSPS) is 10.6. The molecular formula is C10H14F2N4O. The number of nitrogens with two attached hydrogens (primary N) is 1. The van der Waals surface area contributed by atoms with E-state index in [1.165, 1.54) is 23.2 Å². The molecule has 0 aliphatic heterocycles. The summed E-state index contributed by atoms with van der Waals surface area (Å²) in [5.74, 6) is 0.113. The van der Waals surface area contributed by atoms with Gasteiger partial charge >= 0.3 is 0 Å². The van der Waals surface area contributed by atoms with Crippen LogP contribution in [0.15, 0.2) is 18.3 Å². The number of aromatic nitrogens is 1. The fourth-order valence-electron chi connectivity index (χ4n) is 1.35. The summed E-state index contributed by atoms with van der Waals surface area (Å²) >= 11 is 0. The summed E-state index contributed by atoms with van der Waals surface area (Å²) in [6.45, 7) is -0.716. The Morgan fingerprint density at radius 1 is 1.59 bits per heavy atom. The van der Waals surface area contributed by atoms with Gasteiger partial charge in [0.15, 0.2) is 0 Å². The summed E-state index contributed by atoms with van der Waals surface area (Å²) in [5, 5.41) is 16.1. The van der Waals surface area contributed by atoms with Crippen molar-refractivity contribution < 1.29 is 13.9 Å². The largest absolute Gasteiger partial charge is 0.395 e. The van der Waals surface area contributed by atoms with Gasteiger partial charge in [-0.2, -0.15) is 0 Å². The number of nitrogens with zero attached hydrogens (tertiary/aromatic N) is 2. The Morgan fingerprint density at radius 3 is 2.82 bits per heavy atom. The Bertz CT molecular complexity index is 386. The molecule has 1 aromatic heterocycles. The minimum atomic E-state index is -2.52. The van der Waals surface area contributed by atoms with E-state index in [-0.39, 0.29) is 24.8 Å². The summed E-state index contributed by atoms with van der Waals surface area (Å²) in [6.07, 6.45) is -1.13. The van der Waals surface area contributed by atoms with Crippen LogP contribution in [0, 0.1) is 5.41 Å². The first-order chi connectivity index (χ1) is 8.04. The maximum atomic E-state index is 12.3. The van der Waals surface area contributed by atoms with Gasteiger partial charge in [-0.25, -0.2) is 13.8 Å². The van der Waals surface area contributed by atoms with Crippen molar-refractivity contribution in [1.82, 2.24) is 4.98 Å². The number of amidine groups is 1. The van der Waals surface area contributed by atoms with Gasteiger partial charge in [0, 0.05) is 18.3 Å². The highest BCUT2D eigenvalue weighted by Gasteiger charge is 2.14. The average Bonchev–Trinajstić information content (AvgIpc) is 2.28. The van der Waals surface area contributed by atoms with Crippen LogP contribution in [-0.4, -0.2) is 42.0 Å². The summed E-state index contributed by atoms with van der Waals surface area (Å²) < 4.78 is 24.7. The van der Waals surface area contributed by atoms with Crippen LogP contribution in [0.4, 0.5) is 14.6 Å². The number of rotatable bonds is 6. The third-order valence-corrected chi connectivity index (χ3v) is 2.11. The summed E-state index contributed by atoms with van der Waals surface area (Å²) in [4.78, 5) is 5.17. The number of aliphatic hydroxyl groups is 1. The Morgan fingerprint density at radius 2 is 2.29 bits per heavy atom.